The molecule has 0 saturated carbocycles. The highest BCUT2D eigenvalue weighted by Gasteiger charge is 2.48. The lowest BCUT2D eigenvalue weighted by atomic mass is 9.78. The van der Waals surface area contributed by atoms with Crippen molar-refractivity contribution in [2.24, 2.45) is 17.6 Å². The number of nitrogens with zero attached hydrogens (tertiary/aromatic N) is 1. The Morgan fingerprint density at radius 2 is 1.87 bits per heavy atom. The van der Waals surface area contributed by atoms with Gasteiger partial charge in [0, 0.05) is 30.0 Å². The first-order chi connectivity index (χ1) is 21.7. The Balaban J connectivity index is 1.81. The van der Waals surface area contributed by atoms with Crippen LogP contribution < -0.4 is 16.4 Å². The van der Waals surface area contributed by atoms with Crippen molar-refractivity contribution in [3.8, 4) is 0 Å². The van der Waals surface area contributed by atoms with E-state index in [9.17, 15) is 28.3 Å². The lowest BCUT2D eigenvalue weighted by Crippen LogP contribution is -2.67. The third-order valence-electron chi connectivity index (χ3n) is 9.17. The summed E-state index contributed by atoms with van der Waals surface area (Å²) in [6, 6.07) is 8.94. The van der Waals surface area contributed by atoms with E-state index in [1.165, 1.54) is 26.0 Å². The second-order valence-corrected chi connectivity index (χ2v) is 13.1. The molecule has 0 spiro atoms. The van der Waals surface area contributed by atoms with Gasteiger partial charge in [0.1, 0.15) is 23.6 Å². The quantitative estimate of drug-likeness (QED) is 0.157. The Morgan fingerprint density at radius 1 is 1.20 bits per heavy atom. The molecule has 3 unspecified atom stereocenters. The molecule has 0 fully saturated rings. The molecule has 6 atom stereocenters. The summed E-state index contributed by atoms with van der Waals surface area (Å²) in [5, 5.41) is 16.7. The number of H-pyrrole nitrogens is 1. The molecule has 1 aliphatic rings. The number of thiocarbonyl (C=S) groups is 1. The van der Waals surface area contributed by atoms with Gasteiger partial charge in [-0.1, -0.05) is 81.3 Å². The molecule has 1 aromatic heterocycles. The van der Waals surface area contributed by atoms with Gasteiger partial charge in [-0.05, 0) is 48.9 Å². The normalized spacial score (nSPS) is 19.3. The van der Waals surface area contributed by atoms with E-state index in [0.29, 0.717) is 28.5 Å². The van der Waals surface area contributed by atoms with Gasteiger partial charge in [0.05, 0.1) is 21.6 Å². The summed E-state index contributed by atoms with van der Waals surface area (Å²) in [5.41, 5.74) is 6.78. The predicted molar refractivity (Wildman–Crippen MR) is 178 cm³/mol. The van der Waals surface area contributed by atoms with Crippen LogP contribution in [-0.4, -0.2) is 61.7 Å². The number of nitrogens with one attached hydrogen (secondary N) is 3. The minimum atomic E-state index is -1.65. The Hall–Kier alpha value is -3.77. The number of nitrogens with two attached hydrogens (primary N) is 1. The van der Waals surface area contributed by atoms with Gasteiger partial charge in [-0.2, -0.15) is 0 Å². The number of aromatic nitrogens is 1. The zero-order chi connectivity index (χ0) is 33.9. The third kappa shape index (κ3) is 7.28. The number of alkyl halides is 1. The van der Waals surface area contributed by atoms with Crippen LogP contribution in [0.1, 0.15) is 57.4 Å². The van der Waals surface area contributed by atoms with Crippen LogP contribution in [0.15, 0.2) is 42.5 Å². The Labute approximate surface area is 277 Å². The molecular formula is C33H40ClF2N5O4S. The smallest absolute Gasteiger partial charge is 0.408 e. The fraction of sp³-hybridized carbons (Fsp3) is 0.455. The number of carbonyl (C=O) groups excluding carboxylic acids is 2. The van der Waals surface area contributed by atoms with E-state index >= 15 is 0 Å². The van der Waals surface area contributed by atoms with Crippen molar-refractivity contribution in [1.82, 2.24) is 20.5 Å². The van der Waals surface area contributed by atoms with Crippen LogP contribution in [0.25, 0.3) is 10.9 Å². The lowest BCUT2D eigenvalue weighted by molar-refractivity contribution is -0.138. The SMILES string of the molecule is CC[C@H](C)[C@H](NC(=O)[C@@]1(NC(=O)C(C(C)C(C)F)N(Cc2ccccc2)C(=O)O)CCc2[nH]c3c(Cl)cc(F)cc3c2C1)C(N)=S. The molecule has 3 amide bonds. The van der Waals surface area contributed by atoms with Crippen LogP contribution in [0.4, 0.5) is 13.6 Å². The third-order valence-corrected chi connectivity index (χ3v) is 9.72. The number of carbonyl (C=O) groups is 3. The van der Waals surface area contributed by atoms with Crippen LogP contribution >= 0.6 is 23.8 Å². The van der Waals surface area contributed by atoms with Crippen molar-refractivity contribution >= 4 is 57.6 Å². The summed E-state index contributed by atoms with van der Waals surface area (Å²) in [4.78, 5) is 45.5. The molecule has 0 bridgehead atoms. The average Bonchev–Trinajstić information content (AvgIpc) is 3.36. The van der Waals surface area contributed by atoms with E-state index in [4.69, 9.17) is 29.6 Å². The minimum Gasteiger partial charge on any atom is -0.465 e. The topological polar surface area (TPSA) is 141 Å². The second-order valence-electron chi connectivity index (χ2n) is 12.3. The van der Waals surface area contributed by atoms with Crippen molar-refractivity contribution in [2.75, 3.05) is 0 Å². The van der Waals surface area contributed by atoms with Gasteiger partial charge in [0.2, 0.25) is 11.8 Å². The summed E-state index contributed by atoms with van der Waals surface area (Å²) in [6.45, 7) is 6.33. The number of amides is 3. The van der Waals surface area contributed by atoms with Gasteiger partial charge in [-0.3, -0.25) is 14.5 Å². The molecule has 0 saturated heterocycles. The highest BCUT2D eigenvalue weighted by atomic mass is 35.5. The van der Waals surface area contributed by atoms with Gasteiger partial charge >= 0.3 is 6.09 Å². The highest BCUT2D eigenvalue weighted by molar-refractivity contribution is 7.80. The molecule has 6 N–H and O–H groups in total. The molecule has 0 aliphatic heterocycles. The Bertz CT molecular complexity index is 1620. The fourth-order valence-corrected chi connectivity index (χ4v) is 6.67. The Kier molecular flexibility index (Phi) is 10.9. The van der Waals surface area contributed by atoms with Crippen LogP contribution in [-0.2, 0) is 29.0 Å². The van der Waals surface area contributed by atoms with Gasteiger partial charge < -0.3 is 26.5 Å². The first kappa shape index (κ1) is 35.1. The average molecular weight is 676 g/mol. The van der Waals surface area contributed by atoms with Crippen molar-refractivity contribution in [3.05, 3.63) is 70.1 Å². The van der Waals surface area contributed by atoms with E-state index in [-0.39, 0.29) is 41.7 Å². The summed E-state index contributed by atoms with van der Waals surface area (Å²) >= 11 is 11.6. The van der Waals surface area contributed by atoms with Crippen LogP contribution in [0.5, 0.6) is 0 Å². The zero-order valence-corrected chi connectivity index (χ0v) is 27.8. The standard InChI is InChI=1S/C33H40ClF2N5O4S/c1-5-17(2)26(29(37)46)39-31(43)33(12-11-25-23(15-33)22-13-21(36)14-24(34)27(22)38-25)40-30(42)28(18(3)19(4)35)41(32(44)45)16-20-9-7-6-8-10-20/h6-10,13-14,17-19,26,28,38H,5,11-12,15-16H2,1-4H3,(H2,37,46)(H,39,43)(H,40,42)(H,44,45)/t17-,18?,19?,26-,28?,33+/m0/s1. The first-order valence-electron chi connectivity index (χ1n) is 15.3. The fourth-order valence-electron chi connectivity index (χ4n) is 6.13. The van der Waals surface area contributed by atoms with Crippen molar-refractivity contribution in [1.29, 1.82) is 0 Å². The largest absolute Gasteiger partial charge is 0.465 e. The molecule has 248 valence electrons. The predicted octanol–water partition coefficient (Wildman–Crippen LogP) is 5.66. The number of fused-ring (bicyclic) bond motifs is 3. The number of benzene rings is 2. The maximum absolute atomic E-state index is 14.9. The van der Waals surface area contributed by atoms with Gasteiger partial charge in [-0.15, -0.1) is 0 Å². The van der Waals surface area contributed by atoms with E-state index in [0.717, 1.165) is 10.6 Å². The molecule has 9 nitrogen and oxygen atoms in total. The number of rotatable bonds is 12. The number of hydrogen-bond acceptors (Lipinski definition) is 4. The van der Waals surface area contributed by atoms with E-state index < -0.39 is 53.4 Å². The second kappa shape index (κ2) is 14.3. The zero-order valence-electron chi connectivity index (χ0n) is 26.2. The first-order valence-corrected chi connectivity index (χ1v) is 16.1. The molecule has 13 heteroatoms. The summed E-state index contributed by atoms with van der Waals surface area (Å²) in [6.07, 6.45) is -2.07. The van der Waals surface area contributed by atoms with Crippen LogP contribution in [0.2, 0.25) is 5.02 Å². The maximum Gasteiger partial charge on any atom is 0.408 e. The molecule has 1 aliphatic carbocycles. The molecular weight excluding hydrogens is 636 g/mol. The summed E-state index contributed by atoms with van der Waals surface area (Å²) in [7, 11) is 0. The van der Waals surface area contributed by atoms with Crippen LogP contribution in [0, 0.1) is 17.7 Å². The van der Waals surface area contributed by atoms with Gasteiger partial charge in [0.25, 0.3) is 0 Å². The number of aromatic amines is 1. The molecule has 1 heterocycles. The number of aryl methyl sites for hydroxylation is 1. The van der Waals surface area contributed by atoms with E-state index in [2.05, 4.69) is 15.6 Å². The maximum atomic E-state index is 14.9. The molecule has 4 rings (SSSR count). The molecule has 3 aromatic rings. The molecule has 2 aromatic carbocycles. The van der Waals surface area contributed by atoms with E-state index in [1.54, 1.807) is 30.3 Å². The van der Waals surface area contributed by atoms with Crippen LogP contribution in [0.3, 0.4) is 0 Å². The van der Waals surface area contributed by atoms with Gasteiger partial charge in [0.15, 0.2) is 0 Å². The molecule has 0 radical (unpaired) electrons. The number of hydrogen-bond donors (Lipinski definition) is 5. The van der Waals surface area contributed by atoms with Gasteiger partial charge in [-0.25, -0.2) is 13.6 Å². The number of carboxylic acid groups (broad SMARTS) is 1. The summed E-state index contributed by atoms with van der Waals surface area (Å²) < 4.78 is 29.5. The highest BCUT2D eigenvalue weighted by Crippen LogP contribution is 2.38. The lowest BCUT2D eigenvalue weighted by Gasteiger charge is -2.41. The van der Waals surface area contributed by atoms with E-state index in [1.807, 2.05) is 13.8 Å². The van der Waals surface area contributed by atoms with Crippen molar-refractivity contribution in [2.45, 2.75) is 83.7 Å². The monoisotopic (exact) mass is 675 g/mol. The number of halogens is 3. The Morgan fingerprint density at radius 3 is 2.46 bits per heavy atom. The van der Waals surface area contributed by atoms with Crippen molar-refractivity contribution in [3.63, 3.8) is 0 Å². The summed E-state index contributed by atoms with van der Waals surface area (Å²) in [5.74, 6) is -3.22. The van der Waals surface area contributed by atoms with Crippen molar-refractivity contribution < 1.29 is 28.3 Å². The molecule has 46 heavy (non-hydrogen) atoms. The minimum absolute atomic E-state index is 0.0688.